The molecule has 4 nitrogen and oxygen atoms in total. The number of carbonyl (C=O) groups is 1. The van der Waals surface area contributed by atoms with Gasteiger partial charge in [0.1, 0.15) is 0 Å². The van der Waals surface area contributed by atoms with E-state index in [0.29, 0.717) is 24.0 Å². The molecule has 2 atom stereocenters. The van der Waals surface area contributed by atoms with Crippen molar-refractivity contribution in [1.29, 1.82) is 0 Å². The molecule has 0 radical (unpaired) electrons. The summed E-state index contributed by atoms with van der Waals surface area (Å²) in [6.45, 7) is 5.31. The first-order chi connectivity index (χ1) is 14.1. The number of hydrogen-bond donors (Lipinski definition) is 0. The third-order valence-corrected chi connectivity index (χ3v) is 7.72. The maximum absolute atomic E-state index is 13.9. The predicted octanol–water partition coefficient (Wildman–Crippen LogP) is 5.45. The molecule has 0 bridgehead atoms. The number of nitrogens with zero attached hydrogens (tertiary/aromatic N) is 3. The molecule has 156 valence electrons. The smallest absolute Gasteiger partial charge is 0.320 e. The Morgan fingerprint density at radius 2 is 1.90 bits per heavy atom. The van der Waals surface area contributed by atoms with Gasteiger partial charge in [0.15, 0.2) is 0 Å². The van der Waals surface area contributed by atoms with Crippen LogP contribution in [0, 0.1) is 0 Å². The van der Waals surface area contributed by atoms with Crippen LogP contribution in [0.25, 0.3) is 10.9 Å². The molecule has 1 aliphatic heterocycles. The Balaban J connectivity index is 1.48. The number of rotatable bonds is 2. The molecule has 2 fully saturated rings. The standard InChI is InChI=1S/C25H35N3O/c1-17(2)28(19-9-5-4-6-10-19)25(29)27-14-8-12-20-21-11-7-13-22-24(21)18(15-23(20)27)16-26(22)3/h7,11,13,16-17,19-20,23H,4-6,8-10,12,14-15H2,1-3H3/t20?,23-/m1/s1. The van der Waals surface area contributed by atoms with Crippen molar-refractivity contribution in [1.82, 2.24) is 14.4 Å². The lowest BCUT2D eigenvalue weighted by atomic mass is 9.75. The fourth-order valence-electron chi connectivity index (χ4n) is 6.47. The minimum absolute atomic E-state index is 0.269. The van der Waals surface area contributed by atoms with Crippen LogP contribution in [0.2, 0.25) is 0 Å². The normalized spacial score (nSPS) is 24.8. The van der Waals surface area contributed by atoms with Crippen LogP contribution in [0.15, 0.2) is 24.4 Å². The molecule has 1 aromatic heterocycles. The van der Waals surface area contributed by atoms with E-state index in [-0.39, 0.29) is 6.04 Å². The van der Waals surface area contributed by atoms with Gasteiger partial charge in [0, 0.05) is 54.7 Å². The minimum atomic E-state index is 0.269. The number of benzene rings is 1. The van der Waals surface area contributed by atoms with Crippen LogP contribution in [0.5, 0.6) is 0 Å². The van der Waals surface area contributed by atoms with E-state index in [1.807, 2.05) is 0 Å². The molecule has 4 heteroatoms. The summed E-state index contributed by atoms with van der Waals surface area (Å²) in [4.78, 5) is 18.4. The van der Waals surface area contributed by atoms with Crippen LogP contribution in [-0.4, -0.2) is 45.1 Å². The first kappa shape index (κ1) is 19.0. The molecule has 1 unspecified atom stereocenters. The Bertz CT molecular complexity index is 908. The highest BCUT2D eigenvalue weighted by Gasteiger charge is 2.42. The highest BCUT2D eigenvalue weighted by molar-refractivity contribution is 5.89. The Kier molecular flexibility index (Phi) is 4.84. The molecular formula is C25H35N3O. The van der Waals surface area contributed by atoms with Crippen molar-refractivity contribution in [2.45, 2.75) is 89.3 Å². The van der Waals surface area contributed by atoms with Gasteiger partial charge in [-0.15, -0.1) is 0 Å². The maximum atomic E-state index is 13.9. The minimum Gasteiger partial charge on any atom is -0.350 e. The zero-order valence-corrected chi connectivity index (χ0v) is 18.2. The molecule has 1 saturated carbocycles. The van der Waals surface area contributed by atoms with Crippen LogP contribution in [-0.2, 0) is 13.5 Å². The third-order valence-electron chi connectivity index (χ3n) is 7.72. The molecule has 0 spiro atoms. The second-order valence-electron chi connectivity index (χ2n) is 9.80. The van der Waals surface area contributed by atoms with E-state index in [0.717, 1.165) is 19.4 Å². The van der Waals surface area contributed by atoms with Crippen LogP contribution < -0.4 is 0 Å². The van der Waals surface area contributed by atoms with Gasteiger partial charge in [-0.05, 0) is 63.1 Å². The average molecular weight is 394 g/mol. The number of likely N-dealkylation sites (tertiary alicyclic amines) is 1. The summed E-state index contributed by atoms with van der Waals surface area (Å²) in [6, 6.07) is 8.05. The summed E-state index contributed by atoms with van der Waals surface area (Å²) in [7, 11) is 2.15. The van der Waals surface area contributed by atoms with Gasteiger partial charge in [-0.3, -0.25) is 0 Å². The number of urea groups is 1. The summed E-state index contributed by atoms with van der Waals surface area (Å²) >= 11 is 0. The van der Waals surface area contributed by atoms with Crippen molar-refractivity contribution in [3.05, 3.63) is 35.5 Å². The number of fused-ring (bicyclic) bond motifs is 2. The molecule has 2 aliphatic carbocycles. The van der Waals surface area contributed by atoms with E-state index in [4.69, 9.17) is 0 Å². The van der Waals surface area contributed by atoms with E-state index in [2.05, 4.69) is 59.7 Å². The largest absolute Gasteiger partial charge is 0.350 e. The zero-order valence-electron chi connectivity index (χ0n) is 18.2. The summed E-state index contributed by atoms with van der Waals surface area (Å²) < 4.78 is 2.26. The molecule has 2 amide bonds. The van der Waals surface area contributed by atoms with Gasteiger partial charge in [0.2, 0.25) is 0 Å². The number of piperidine rings is 1. The number of amides is 2. The SMILES string of the molecule is CC(C)N(C(=O)N1CCCC2c3cccc4c3c(cn4C)C[C@H]21)C1CCCCC1. The number of hydrogen-bond acceptors (Lipinski definition) is 1. The van der Waals surface area contributed by atoms with Crippen molar-refractivity contribution in [2.24, 2.45) is 7.05 Å². The van der Waals surface area contributed by atoms with Crippen molar-refractivity contribution < 1.29 is 4.79 Å². The zero-order chi connectivity index (χ0) is 20.1. The highest BCUT2D eigenvalue weighted by atomic mass is 16.2. The summed E-state index contributed by atoms with van der Waals surface area (Å²) in [5.74, 6) is 0.478. The monoisotopic (exact) mass is 393 g/mol. The second kappa shape index (κ2) is 7.37. The number of aromatic nitrogens is 1. The second-order valence-corrected chi connectivity index (χ2v) is 9.80. The van der Waals surface area contributed by atoms with E-state index >= 15 is 0 Å². The number of aryl methyl sites for hydroxylation is 1. The number of carbonyl (C=O) groups excluding carboxylic acids is 1. The third kappa shape index (κ3) is 3.06. The van der Waals surface area contributed by atoms with Gasteiger partial charge in [-0.1, -0.05) is 31.4 Å². The van der Waals surface area contributed by atoms with Gasteiger partial charge < -0.3 is 14.4 Å². The van der Waals surface area contributed by atoms with E-state index < -0.39 is 0 Å². The lowest BCUT2D eigenvalue weighted by Gasteiger charge is -2.48. The first-order valence-electron chi connectivity index (χ1n) is 11.7. The summed E-state index contributed by atoms with van der Waals surface area (Å²) in [5.41, 5.74) is 4.24. The Labute approximate surface area is 174 Å². The molecular weight excluding hydrogens is 358 g/mol. The lowest BCUT2D eigenvalue weighted by molar-refractivity contribution is 0.0706. The van der Waals surface area contributed by atoms with Gasteiger partial charge in [0.25, 0.3) is 0 Å². The van der Waals surface area contributed by atoms with Crippen molar-refractivity contribution in [2.75, 3.05) is 6.54 Å². The Morgan fingerprint density at radius 3 is 2.66 bits per heavy atom. The van der Waals surface area contributed by atoms with Gasteiger partial charge in [0.05, 0.1) is 0 Å². The molecule has 3 aliphatic rings. The average Bonchev–Trinajstić information content (AvgIpc) is 3.05. The van der Waals surface area contributed by atoms with E-state index in [1.54, 1.807) is 0 Å². The lowest BCUT2D eigenvalue weighted by Crippen LogP contribution is -2.58. The Hall–Kier alpha value is -1.97. The molecule has 2 aromatic rings. The van der Waals surface area contributed by atoms with Gasteiger partial charge in [-0.25, -0.2) is 4.79 Å². The predicted molar refractivity (Wildman–Crippen MR) is 118 cm³/mol. The van der Waals surface area contributed by atoms with Gasteiger partial charge >= 0.3 is 6.03 Å². The summed E-state index contributed by atoms with van der Waals surface area (Å²) in [5, 5.41) is 1.46. The van der Waals surface area contributed by atoms with Crippen molar-refractivity contribution >= 4 is 16.9 Å². The molecule has 5 rings (SSSR count). The fraction of sp³-hybridized carbons (Fsp3) is 0.640. The highest BCUT2D eigenvalue weighted by Crippen LogP contribution is 2.44. The maximum Gasteiger partial charge on any atom is 0.320 e. The topological polar surface area (TPSA) is 28.5 Å². The van der Waals surface area contributed by atoms with Crippen LogP contribution in [0.1, 0.15) is 75.8 Å². The van der Waals surface area contributed by atoms with Crippen molar-refractivity contribution in [3.8, 4) is 0 Å². The van der Waals surface area contributed by atoms with Crippen LogP contribution in [0.4, 0.5) is 4.79 Å². The van der Waals surface area contributed by atoms with Crippen LogP contribution in [0.3, 0.4) is 0 Å². The molecule has 1 aromatic carbocycles. The summed E-state index contributed by atoms with van der Waals surface area (Å²) in [6.07, 6.45) is 11.8. The van der Waals surface area contributed by atoms with E-state index in [1.165, 1.54) is 60.6 Å². The fourth-order valence-corrected chi connectivity index (χ4v) is 6.47. The van der Waals surface area contributed by atoms with E-state index in [9.17, 15) is 4.79 Å². The molecule has 2 heterocycles. The first-order valence-corrected chi connectivity index (χ1v) is 11.7. The Morgan fingerprint density at radius 1 is 1.10 bits per heavy atom. The van der Waals surface area contributed by atoms with Gasteiger partial charge in [-0.2, -0.15) is 0 Å². The molecule has 0 N–H and O–H groups in total. The molecule has 1 saturated heterocycles. The van der Waals surface area contributed by atoms with Crippen LogP contribution >= 0.6 is 0 Å². The quantitative estimate of drug-likeness (QED) is 0.667. The molecule has 29 heavy (non-hydrogen) atoms. The van der Waals surface area contributed by atoms with Crippen molar-refractivity contribution in [3.63, 3.8) is 0 Å².